The molecule has 118 valence electrons. The Labute approximate surface area is 152 Å². The second kappa shape index (κ2) is 8.76. The second-order valence-corrected chi connectivity index (χ2v) is 7.44. The Kier molecular flexibility index (Phi) is 7.00. The maximum absolute atomic E-state index is 11.7. The number of pyridine rings is 1. The van der Waals surface area contributed by atoms with Gasteiger partial charge in [-0.05, 0) is 30.3 Å². The van der Waals surface area contributed by atoms with Gasteiger partial charge in [0.05, 0.1) is 17.1 Å². The Balaban J connectivity index is 0.000000545. The van der Waals surface area contributed by atoms with Crippen molar-refractivity contribution in [1.29, 1.82) is 0 Å². The molecule has 0 unspecified atom stereocenters. The van der Waals surface area contributed by atoms with Crippen molar-refractivity contribution >= 4 is 52.3 Å². The molecule has 1 N–H and O–H groups in total. The number of anilines is 1. The Hall–Kier alpha value is -0.768. The number of hydrogen-bond acceptors (Lipinski definition) is 3. The maximum atomic E-state index is 11.7. The van der Waals surface area contributed by atoms with E-state index < -0.39 is 0 Å². The fourth-order valence-electron chi connectivity index (χ4n) is 1.97. The second-order valence-electron chi connectivity index (χ2n) is 4.16. The third-order valence-corrected chi connectivity index (χ3v) is 3.29. The van der Waals surface area contributed by atoms with Crippen LogP contribution in [0.25, 0.3) is 0 Å². The molecule has 22 heavy (non-hydrogen) atoms. The van der Waals surface area contributed by atoms with E-state index >= 15 is 0 Å². The van der Waals surface area contributed by atoms with Gasteiger partial charge in [0, 0.05) is 16.2 Å². The van der Waals surface area contributed by atoms with Crippen LogP contribution in [-0.2, 0) is 20.7 Å². The third-order valence-electron chi connectivity index (χ3n) is 2.80. The number of rotatable bonds is 1. The number of carbonyl (C=O) groups is 1. The number of nitrogens with zero attached hydrogens (tertiary/aromatic N) is 2. The average molecular weight is 493 g/mol. The van der Waals surface area contributed by atoms with Gasteiger partial charge in [0.1, 0.15) is 6.54 Å². The Morgan fingerprint density at radius 2 is 2.00 bits per heavy atom. The fraction of sp³-hybridized carbons (Fsp3) is 0.0714. The van der Waals surface area contributed by atoms with Gasteiger partial charge in [0.15, 0.2) is 0 Å². The number of halogens is 3. The van der Waals surface area contributed by atoms with Crippen LogP contribution < -0.4 is 5.32 Å². The number of benzene rings is 1. The molecule has 2 aromatic rings. The van der Waals surface area contributed by atoms with E-state index in [0.29, 0.717) is 0 Å². The predicted molar refractivity (Wildman–Crippen MR) is 89.2 cm³/mol. The molecular weight excluding hydrogens is 483 g/mol. The molecule has 8 heteroatoms. The van der Waals surface area contributed by atoms with E-state index in [2.05, 4.69) is 31.2 Å². The Morgan fingerprint density at radius 3 is 2.68 bits per heavy atom. The van der Waals surface area contributed by atoms with E-state index in [0.717, 1.165) is 27.1 Å². The van der Waals surface area contributed by atoms with Crippen LogP contribution in [0.1, 0.15) is 11.3 Å². The van der Waals surface area contributed by atoms with E-state index in [1.807, 2.05) is 36.4 Å². The summed E-state index contributed by atoms with van der Waals surface area (Å²) in [7, 11) is 9.63. The van der Waals surface area contributed by atoms with Gasteiger partial charge in [-0.2, -0.15) is 0 Å². The summed E-state index contributed by atoms with van der Waals surface area (Å²) in [4.78, 5) is 20.3. The first-order valence-corrected chi connectivity index (χ1v) is 10.8. The summed E-state index contributed by atoms with van der Waals surface area (Å²) < 4.78 is 0.936. The van der Waals surface area contributed by atoms with Crippen LogP contribution in [0, 0.1) is 0 Å². The van der Waals surface area contributed by atoms with Crippen molar-refractivity contribution < 1.29 is 20.7 Å². The number of benzodiazepines with no additional fused rings is 1. The number of amides is 1. The topological polar surface area (TPSA) is 54.4 Å². The first-order chi connectivity index (χ1) is 10.7. The molecule has 4 nitrogen and oxygen atoms in total. The number of hydrogen-bond donors (Lipinski definition) is 1. The van der Waals surface area contributed by atoms with Crippen molar-refractivity contribution in [3.8, 4) is 0 Å². The van der Waals surface area contributed by atoms with E-state index in [4.69, 9.17) is 19.1 Å². The number of fused-ring (bicyclic) bond motifs is 1. The Morgan fingerprint density at radius 1 is 1.23 bits per heavy atom. The quantitative estimate of drug-likeness (QED) is 0.611. The molecule has 1 aliphatic heterocycles. The van der Waals surface area contributed by atoms with Crippen molar-refractivity contribution in [2.45, 2.75) is 0 Å². The summed E-state index contributed by atoms with van der Waals surface area (Å²) in [5.41, 5.74) is 3.13. The summed E-state index contributed by atoms with van der Waals surface area (Å²) in [5, 5.41) is 2.85. The molecule has 0 saturated carbocycles. The number of nitrogens with one attached hydrogen (secondary N) is 1. The standard InChI is InChI=1S/C14H10BrN3O.2ClH.Pd/c15-9-4-5-11-10(7-9)14(17-8-13(19)18-11)12-3-1-2-6-16-12;;;/h1-7H,8H2,(H,18,19);2*1H;/q;;;+2/p-2. The van der Waals surface area contributed by atoms with E-state index in [1.165, 1.54) is 0 Å². The number of carbonyl (C=O) groups excluding carboxylic acids is 1. The molecule has 0 fully saturated rings. The van der Waals surface area contributed by atoms with Crippen molar-refractivity contribution in [3.63, 3.8) is 0 Å². The van der Waals surface area contributed by atoms with Crippen LogP contribution in [0.2, 0.25) is 0 Å². The third kappa shape index (κ3) is 4.61. The van der Waals surface area contributed by atoms with Gasteiger partial charge in [-0.1, -0.05) is 22.0 Å². The molecule has 1 aromatic carbocycles. The van der Waals surface area contributed by atoms with E-state index in [9.17, 15) is 4.79 Å². The van der Waals surface area contributed by atoms with Crippen molar-refractivity contribution in [2.24, 2.45) is 4.99 Å². The molecule has 0 saturated heterocycles. The predicted octanol–water partition coefficient (Wildman–Crippen LogP) is 4.01. The molecule has 1 aromatic heterocycles. The van der Waals surface area contributed by atoms with Crippen LogP contribution in [0.4, 0.5) is 5.69 Å². The molecule has 0 spiro atoms. The zero-order chi connectivity index (χ0) is 15.9. The van der Waals surface area contributed by atoms with E-state index in [1.54, 1.807) is 6.20 Å². The number of aromatic nitrogens is 1. The SMILES string of the molecule is O=C1CN=C(c2ccccn2)c2cc(Br)ccc2N1.[Cl][Pd][Cl]. The first kappa shape index (κ1) is 17.6. The fourth-order valence-corrected chi connectivity index (χ4v) is 2.33. The number of aliphatic imine (C=N–C) groups is 1. The zero-order valence-electron chi connectivity index (χ0n) is 11.0. The van der Waals surface area contributed by atoms with Gasteiger partial charge in [0.25, 0.3) is 0 Å². The molecule has 2 heterocycles. The van der Waals surface area contributed by atoms with Gasteiger partial charge in [-0.3, -0.25) is 14.8 Å². The van der Waals surface area contributed by atoms with Gasteiger partial charge in [0.2, 0.25) is 5.91 Å². The molecule has 1 amide bonds. The van der Waals surface area contributed by atoms with Crippen molar-refractivity contribution in [3.05, 3.63) is 58.3 Å². The molecule has 0 radical (unpaired) electrons. The average Bonchev–Trinajstić information content (AvgIpc) is 2.67. The van der Waals surface area contributed by atoms with Crippen LogP contribution in [-0.4, -0.2) is 23.1 Å². The normalized spacial score (nSPS) is 13.2. The molecule has 1 aliphatic rings. The van der Waals surface area contributed by atoms with Crippen molar-refractivity contribution in [1.82, 2.24) is 4.98 Å². The molecule has 3 rings (SSSR count). The molecular formula is C14H10BrCl2N3OPd. The summed E-state index contributed by atoms with van der Waals surface area (Å²) in [6, 6.07) is 11.3. The monoisotopic (exact) mass is 491 g/mol. The summed E-state index contributed by atoms with van der Waals surface area (Å²) >= 11 is 3.34. The van der Waals surface area contributed by atoms with Gasteiger partial charge >= 0.3 is 35.0 Å². The molecule has 0 atom stereocenters. The van der Waals surface area contributed by atoms with Gasteiger partial charge in [-0.15, -0.1) is 0 Å². The van der Waals surface area contributed by atoms with Crippen LogP contribution >= 0.6 is 35.0 Å². The first-order valence-electron chi connectivity index (χ1n) is 6.03. The van der Waals surface area contributed by atoms with E-state index in [-0.39, 0.29) is 28.4 Å². The van der Waals surface area contributed by atoms with Crippen LogP contribution in [0.15, 0.2) is 52.1 Å². The Bertz CT molecular complexity index is 698. The minimum atomic E-state index is -0.116. The minimum absolute atomic E-state index is 0.106. The van der Waals surface area contributed by atoms with Crippen molar-refractivity contribution in [2.75, 3.05) is 11.9 Å². The summed E-state index contributed by atoms with van der Waals surface area (Å²) in [6.07, 6.45) is 1.72. The molecule has 0 aliphatic carbocycles. The van der Waals surface area contributed by atoms with Gasteiger partial charge < -0.3 is 5.32 Å². The summed E-state index contributed by atoms with van der Waals surface area (Å²) in [6.45, 7) is 0.109. The zero-order valence-corrected chi connectivity index (χ0v) is 15.7. The van der Waals surface area contributed by atoms with Crippen LogP contribution in [0.3, 0.4) is 0 Å². The molecule has 0 bridgehead atoms. The van der Waals surface area contributed by atoms with Crippen LogP contribution in [0.5, 0.6) is 0 Å². The van der Waals surface area contributed by atoms with Gasteiger partial charge in [-0.25, -0.2) is 0 Å². The summed E-state index contributed by atoms with van der Waals surface area (Å²) in [5.74, 6) is -0.116.